The highest BCUT2D eigenvalue weighted by Gasteiger charge is 2.26. The van der Waals surface area contributed by atoms with E-state index >= 15 is 0 Å². The number of aromatic amines is 1. The van der Waals surface area contributed by atoms with Crippen molar-refractivity contribution in [2.75, 3.05) is 11.9 Å². The molecule has 2 saturated carbocycles. The van der Waals surface area contributed by atoms with E-state index in [9.17, 15) is 4.79 Å². The predicted octanol–water partition coefficient (Wildman–Crippen LogP) is 2.89. The van der Waals surface area contributed by atoms with Crippen molar-refractivity contribution in [3.05, 3.63) is 22.2 Å². The molecule has 19 heavy (non-hydrogen) atoms. The lowest BCUT2D eigenvalue weighted by Gasteiger charge is -2.28. The van der Waals surface area contributed by atoms with Crippen molar-refractivity contribution >= 4 is 5.82 Å². The Balaban J connectivity index is 1.64. The Morgan fingerprint density at radius 3 is 2.84 bits per heavy atom. The summed E-state index contributed by atoms with van der Waals surface area (Å²) in [7, 11) is 0. The first-order valence-electron chi connectivity index (χ1n) is 7.57. The van der Waals surface area contributed by atoms with Crippen LogP contribution in [0.2, 0.25) is 0 Å². The summed E-state index contributed by atoms with van der Waals surface area (Å²) in [4.78, 5) is 19.0. The highest BCUT2D eigenvalue weighted by atomic mass is 16.1. The van der Waals surface area contributed by atoms with Crippen LogP contribution in [0.4, 0.5) is 5.82 Å². The lowest BCUT2D eigenvalue weighted by molar-refractivity contribution is 0.268. The van der Waals surface area contributed by atoms with Crippen LogP contribution in [0, 0.1) is 11.8 Å². The van der Waals surface area contributed by atoms with Gasteiger partial charge in [-0.05, 0) is 31.1 Å². The molecule has 0 saturated heterocycles. The van der Waals surface area contributed by atoms with E-state index in [1.54, 1.807) is 6.07 Å². The van der Waals surface area contributed by atoms with Crippen molar-refractivity contribution in [3.8, 4) is 0 Å². The summed E-state index contributed by atoms with van der Waals surface area (Å²) in [5.41, 5.74) is -0.0314. The van der Waals surface area contributed by atoms with Crippen molar-refractivity contribution in [2.45, 2.75) is 51.4 Å². The van der Waals surface area contributed by atoms with E-state index < -0.39 is 0 Å². The summed E-state index contributed by atoms with van der Waals surface area (Å²) >= 11 is 0. The second-order valence-corrected chi connectivity index (χ2v) is 6.19. The van der Waals surface area contributed by atoms with Gasteiger partial charge < -0.3 is 10.3 Å². The number of nitrogens with one attached hydrogen (secondary N) is 2. The number of H-pyrrole nitrogens is 1. The normalized spacial score (nSPS) is 27.2. The summed E-state index contributed by atoms with van der Waals surface area (Å²) in [6, 6.07) is 1.58. The monoisotopic (exact) mass is 261 g/mol. The van der Waals surface area contributed by atoms with Crippen LogP contribution in [-0.2, 0) is 0 Å². The molecule has 0 aromatic carbocycles. The SMILES string of the molecule is CC1CCCCC1CNc1cc(=O)[nH]c(C2CC2)n1. The minimum atomic E-state index is -0.0314. The molecular formula is C15H23N3O. The van der Waals surface area contributed by atoms with Crippen LogP contribution in [-0.4, -0.2) is 16.5 Å². The standard InChI is InChI=1S/C15H23N3O/c1-10-4-2-3-5-12(10)9-16-13-8-14(19)18-15(17-13)11-6-7-11/h8,10-12H,2-7,9H2,1H3,(H2,16,17,18,19). The second-order valence-electron chi connectivity index (χ2n) is 6.19. The molecule has 0 radical (unpaired) electrons. The van der Waals surface area contributed by atoms with E-state index in [1.807, 2.05) is 0 Å². The van der Waals surface area contributed by atoms with Gasteiger partial charge in [0.2, 0.25) is 0 Å². The fraction of sp³-hybridized carbons (Fsp3) is 0.733. The molecule has 2 N–H and O–H groups in total. The molecule has 0 aliphatic heterocycles. The molecular weight excluding hydrogens is 238 g/mol. The Kier molecular flexibility index (Phi) is 3.58. The maximum Gasteiger partial charge on any atom is 0.252 e. The van der Waals surface area contributed by atoms with E-state index in [2.05, 4.69) is 22.2 Å². The molecule has 1 aromatic heterocycles. The van der Waals surface area contributed by atoms with Gasteiger partial charge in [0.25, 0.3) is 5.56 Å². The van der Waals surface area contributed by atoms with Gasteiger partial charge in [-0.3, -0.25) is 4.79 Å². The molecule has 4 nitrogen and oxygen atoms in total. The number of rotatable bonds is 4. The molecule has 3 rings (SSSR count). The molecule has 1 heterocycles. The van der Waals surface area contributed by atoms with Crippen LogP contribution < -0.4 is 10.9 Å². The molecule has 2 aliphatic carbocycles. The van der Waals surface area contributed by atoms with E-state index in [0.717, 1.165) is 42.9 Å². The van der Waals surface area contributed by atoms with E-state index in [0.29, 0.717) is 5.92 Å². The Labute approximate surface area is 114 Å². The van der Waals surface area contributed by atoms with Gasteiger partial charge in [0.1, 0.15) is 11.6 Å². The molecule has 0 bridgehead atoms. The van der Waals surface area contributed by atoms with Gasteiger partial charge in [-0.15, -0.1) is 0 Å². The van der Waals surface area contributed by atoms with Crippen LogP contribution >= 0.6 is 0 Å². The predicted molar refractivity (Wildman–Crippen MR) is 76.4 cm³/mol. The number of anilines is 1. The average molecular weight is 261 g/mol. The zero-order valence-corrected chi connectivity index (χ0v) is 11.6. The second kappa shape index (κ2) is 5.35. The topological polar surface area (TPSA) is 57.8 Å². The molecule has 104 valence electrons. The van der Waals surface area contributed by atoms with Crippen LogP contribution in [0.3, 0.4) is 0 Å². The van der Waals surface area contributed by atoms with Gasteiger partial charge in [-0.2, -0.15) is 0 Å². The lowest BCUT2D eigenvalue weighted by Crippen LogP contribution is -2.25. The van der Waals surface area contributed by atoms with Gasteiger partial charge >= 0.3 is 0 Å². The molecule has 0 spiro atoms. The number of nitrogens with zero attached hydrogens (tertiary/aromatic N) is 1. The quantitative estimate of drug-likeness (QED) is 0.876. The summed E-state index contributed by atoms with van der Waals surface area (Å²) in [6.45, 7) is 3.29. The Bertz CT molecular complexity index is 492. The average Bonchev–Trinajstić information content (AvgIpc) is 3.21. The lowest BCUT2D eigenvalue weighted by atomic mass is 9.80. The highest BCUT2D eigenvalue weighted by Crippen LogP contribution is 2.37. The molecule has 1 aromatic rings. The van der Waals surface area contributed by atoms with Gasteiger partial charge in [-0.25, -0.2) is 4.98 Å². The van der Waals surface area contributed by atoms with Crippen molar-refractivity contribution in [3.63, 3.8) is 0 Å². The van der Waals surface area contributed by atoms with E-state index in [1.165, 1.54) is 25.7 Å². The summed E-state index contributed by atoms with van der Waals surface area (Å²) in [6.07, 6.45) is 7.66. The number of hydrogen-bond donors (Lipinski definition) is 2. The fourth-order valence-corrected chi connectivity index (χ4v) is 3.05. The van der Waals surface area contributed by atoms with Gasteiger partial charge in [0.05, 0.1) is 0 Å². The minimum Gasteiger partial charge on any atom is -0.370 e. The van der Waals surface area contributed by atoms with Crippen molar-refractivity contribution in [1.29, 1.82) is 0 Å². The zero-order chi connectivity index (χ0) is 13.2. The number of hydrogen-bond acceptors (Lipinski definition) is 3. The zero-order valence-electron chi connectivity index (χ0n) is 11.6. The summed E-state index contributed by atoms with van der Waals surface area (Å²) in [5.74, 6) is 3.61. The van der Waals surface area contributed by atoms with Gasteiger partial charge in [-0.1, -0.05) is 26.2 Å². The summed E-state index contributed by atoms with van der Waals surface area (Å²) in [5, 5.41) is 3.38. The van der Waals surface area contributed by atoms with Gasteiger partial charge in [0, 0.05) is 18.5 Å². The van der Waals surface area contributed by atoms with Crippen LogP contribution in [0.15, 0.2) is 10.9 Å². The molecule has 4 heteroatoms. The molecule has 0 amide bonds. The van der Waals surface area contributed by atoms with Crippen molar-refractivity contribution in [2.24, 2.45) is 11.8 Å². The minimum absolute atomic E-state index is 0.0314. The third-order valence-corrected chi connectivity index (χ3v) is 4.56. The van der Waals surface area contributed by atoms with Crippen LogP contribution in [0.25, 0.3) is 0 Å². The third kappa shape index (κ3) is 3.17. The molecule has 2 atom stereocenters. The first-order valence-corrected chi connectivity index (χ1v) is 7.57. The largest absolute Gasteiger partial charge is 0.370 e. The number of aromatic nitrogens is 2. The highest BCUT2D eigenvalue weighted by molar-refractivity contribution is 5.34. The van der Waals surface area contributed by atoms with E-state index in [-0.39, 0.29) is 5.56 Å². The van der Waals surface area contributed by atoms with Crippen LogP contribution in [0.5, 0.6) is 0 Å². The first-order chi connectivity index (χ1) is 9.22. The van der Waals surface area contributed by atoms with Gasteiger partial charge in [0.15, 0.2) is 0 Å². The fourth-order valence-electron chi connectivity index (χ4n) is 3.05. The maximum absolute atomic E-state index is 11.6. The third-order valence-electron chi connectivity index (χ3n) is 4.56. The Morgan fingerprint density at radius 1 is 1.32 bits per heavy atom. The smallest absolute Gasteiger partial charge is 0.252 e. The van der Waals surface area contributed by atoms with Crippen molar-refractivity contribution in [1.82, 2.24) is 9.97 Å². The van der Waals surface area contributed by atoms with Crippen molar-refractivity contribution < 1.29 is 0 Å². The Hall–Kier alpha value is -1.32. The molecule has 2 unspecified atom stereocenters. The van der Waals surface area contributed by atoms with Crippen LogP contribution in [0.1, 0.15) is 57.2 Å². The maximum atomic E-state index is 11.6. The first kappa shape index (κ1) is 12.7. The Morgan fingerprint density at radius 2 is 2.11 bits per heavy atom. The molecule has 2 aliphatic rings. The van der Waals surface area contributed by atoms with E-state index in [4.69, 9.17) is 0 Å². The summed E-state index contributed by atoms with van der Waals surface area (Å²) < 4.78 is 0. The molecule has 2 fully saturated rings.